The molecule has 1 heterocycles. The van der Waals surface area contributed by atoms with E-state index in [1.54, 1.807) is 19.1 Å². The number of benzene rings is 2. The third-order valence-corrected chi connectivity index (χ3v) is 6.01. The van der Waals surface area contributed by atoms with Crippen LogP contribution in [0.1, 0.15) is 17.2 Å². The predicted octanol–water partition coefficient (Wildman–Crippen LogP) is 2.51. The molecule has 2 N–H and O–H groups in total. The van der Waals surface area contributed by atoms with Crippen LogP contribution in [0.5, 0.6) is 5.75 Å². The van der Waals surface area contributed by atoms with Crippen LogP contribution in [-0.2, 0) is 17.1 Å². The van der Waals surface area contributed by atoms with Crippen molar-refractivity contribution >= 4 is 20.9 Å². The van der Waals surface area contributed by atoms with Gasteiger partial charge in [-0.1, -0.05) is 18.2 Å². The van der Waals surface area contributed by atoms with Gasteiger partial charge in [-0.15, -0.1) is 0 Å². The maximum Gasteiger partial charge on any atom is 0.240 e. The molecule has 0 saturated carbocycles. The normalized spacial score (nSPS) is 13.1. The summed E-state index contributed by atoms with van der Waals surface area (Å²) in [6.07, 6.45) is 0.872. The van der Waals surface area contributed by atoms with Gasteiger partial charge >= 0.3 is 0 Å². The molecule has 6 nitrogen and oxygen atoms in total. The maximum absolute atomic E-state index is 12.6. The van der Waals surface area contributed by atoms with Crippen LogP contribution >= 0.6 is 0 Å². The van der Waals surface area contributed by atoms with Crippen LogP contribution < -0.4 is 9.46 Å². The summed E-state index contributed by atoms with van der Waals surface area (Å²) < 4.78 is 34.7. The van der Waals surface area contributed by atoms with Gasteiger partial charge in [0.2, 0.25) is 10.0 Å². The fraction of sp³-hybridized carbons (Fsp3) is 0.263. The lowest BCUT2D eigenvalue weighted by Gasteiger charge is -2.14. The number of sulfonamides is 1. The first-order valence-corrected chi connectivity index (χ1v) is 9.68. The van der Waals surface area contributed by atoms with Gasteiger partial charge < -0.3 is 14.4 Å². The quantitative estimate of drug-likeness (QED) is 0.695. The molecule has 1 atom stereocenters. The third kappa shape index (κ3) is 3.46. The van der Waals surface area contributed by atoms with Gasteiger partial charge in [0, 0.05) is 36.3 Å². The number of hydrogen-bond acceptors (Lipinski definition) is 4. The number of methoxy groups -OCH3 is 1. The van der Waals surface area contributed by atoms with Crippen LogP contribution in [0.3, 0.4) is 0 Å². The van der Waals surface area contributed by atoms with Crippen molar-refractivity contribution in [2.75, 3.05) is 13.7 Å². The summed E-state index contributed by atoms with van der Waals surface area (Å²) in [5, 5.41) is 11.4. The van der Waals surface area contributed by atoms with Crippen molar-refractivity contribution in [2.45, 2.75) is 17.9 Å². The molecule has 26 heavy (non-hydrogen) atoms. The molecule has 0 spiro atoms. The summed E-state index contributed by atoms with van der Waals surface area (Å²) in [6, 6.07) is 12.4. The second-order valence-corrected chi connectivity index (χ2v) is 7.95. The Morgan fingerprint density at radius 3 is 2.65 bits per heavy atom. The summed E-state index contributed by atoms with van der Waals surface area (Å²) >= 11 is 0. The Hall–Kier alpha value is -2.35. The topological polar surface area (TPSA) is 80.6 Å². The second-order valence-electron chi connectivity index (χ2n) is 6.21. The highest BCUT2D eigenvalue weighted by Crippen LogP contribution is 2.26. The van der Waals surface area contributed by atoms with E-state index in [4.69, 9.17) is 4.74 Å². The highest BCUT2D eigenvalue weighted by molar-refractivity contribution is 7.89. The lowest BCUT2D eigenvalue weighted by Crippen LogP contribution is -2.29. The molecule has 0 unspecified atom stereocenters. The summed E-state index contributed by atoms with van der Waals surface area (Å²) in [4.78, 5) is 0.170. The molecule has 0 saturated heterocycles. The number of rotatable bonds is 6. The van der Waals surface area contributed by atoms with Crippen LogP contribution in [0.2, 0.25) is 0 Å². The van der Waals surface area contributed by atoms with Crippen molar-refractivity contribution in [3.8, 4) is 5.75 Å². The summed E-state index contributed by atoms with van der Waals surface area (Å²) in [7, 11) is -0.316. The Labute approximate surface area is 153 Å². The van der Waals surface area contributed by atoms with Gasteiger partial charge in [0.05, 0.1) is 18.1 Å². The van der Waals surface area contributed by atoms with Gasteiger partial charge in [-0.25, -0.2) is 13.1 Å². The molecule has 1 aromatic heterocycles. The zero-order valence-electron chi connectivity index (χ0n) is 14.9. The van der Waals surface area contributed by atoms with E-state index in [1.165, 1.54) is 13.2 Å². The predicted molar refractivity (Wildman–Crippen MR) is 101 cm³/mol. The molecule has 3 rings (SSSR count). The smallest absolute Gasteiger partial charge is 0.240 e. The van der Waals surface area contributed by atoms with E-state index < -0.39 is 16.1 Å². The molecular weight excluding hydrogens is 352 g/mol. The molecule has 0 fully saturated rings. The van der Waals surface area contributed by atoms with Crippen molar-refractivity contribution in [3.05, 3.63) is 59.8 Å². The Morgan fingerprint density at radius 2 is 1.96 bits per heavy atom. The lowest BCUT2D eigenvalue weighted by molar-refractivity contribution is 0.183. The molecule has 2 aromatic carbocycles. The van der Waals surface area contributed by atoms with E-state index in [9.17, 15) is 13.5 Å². The Kier molecular flexibility index (Phi) is 5.04. The molecular formula is C19H22N2O4S. The van der Waals surface area contributed by atoms with Crippen LogP contribution in [-0.4, -0.2) is 31.7 Å². The average molecular weight is 374 g/mol. The van der Waals surface area contributed by atoms with Crippen LogP contribution in [0.4, 0.5) is 0 Å². The van der Waals surface area contributed by atoms with Crippen molar-refractivity contribution in [3.63, 3.8) is 0 Å². The first-order valence-electron chi connectivity index (χ1n) is 8.20. The van der Waals surface area contributed by atoms with Crippen molar-refractivity contribution in [1.29, 1.82) is 0 Å². The minimum absolute atomic E-state index is 0.109. The highest BCUT2D eigenvalue weighted by Gasteiger charge is 2.21. The first-order chi connectivity index (χ1) is 12.3. The number of nitrogens with zero attached hydrogens (tertiary/aromatic N) is 1. The van der Waals surface area contributed by atoms with Gasteiger partial charge in [0.1, 0.15) is 5.75 Å². The summed E-state index contributed by atoms with van der Waals surface area (Å²) in [5.74, 6) is 0.595. The monoisotopic (exact) mass is 374 g/mol. The maximum atomic E-state index is 12.6. The number of aliphatic hydroxyl groups is 1. The number of aromatic nitrogens is 1. The number of aryl methyl sites for hydroxylation is 2. The average Bonchev–Trinajstić information content (AvgIpc) is 2.96. The fourth-order valence-electron chi connectivity index (χ4n) is 3.07. The fourth-order valence-corrected chi connectivity index (χ4v) is 4.33. The number of nitrogens with one attached hydrogen (secondary N) is 1. The van der Waals surface area contributed by atoms with Crippen LogP contribution in [0, 0.1) is 6.92 Å². The Balaban J connectivity index is 1.81. The molecule has 0 aliphatic rings. The van der Waals surface area contributed by atoms with Gasteiger partial charge in [0.15, 0.2) is 0 Å². The van der Waals surface area contributed by atoms with E-state index in [-0.39, 0.29) is 11.4 Å². The number of para-hydroxylation sites is 1. The van der Waals surface area contributed by atoms with Gasteiger partial charge in [-0.2, -0.15) is 0 Å². The van der Waals surface area contributed by atoms with Crippen molar-refractivity contribution < 1.29 is 18.3 Å². The number of hydrogen-bond donors (Lipinski definition) is 2. The van der Waals surface area contributed by atoms with Gasteiger partial charge in [-0.3, -0.25) is 0 Å². The molecule has 7 heteroatoms. The molecule has 0 aliphatic heterocycles. The third-order valence-electron chi connectivity index (χ3n) is 4.43. The summed E-state index contributed by atoms with van der Waals surface area (Å²) in [6.45, 7) is 1.60. The molecule has 138 valence electrons. The second kappa shape index (κ2) is 7.11. The summed E-state index contributed by atoms with van der Waals surface area (Å²) in [5.41, 5.74) is 2.25. The van der Waals surface area contributed by atoms with Gasteiger partial charge in [-0.05, 0) is 36.8 Å². The molecule has 0 bridgehead atoms. The van der Waals surface area contributed by atoms with E-state index in [2.05, 4.69) is 4.72 Å². The van der Waals surface area contributed by atoms with E-state index in [1.807, 2.05) is 42.1 Å². The standard InChI is InChI=1S/C19H22N2O4S/c1-13-10-14(25-3)8-9-19(13)26(23,24)20-11-18(22)16-12-21(2)17-7-5-4-6-15(16)17/h4-10,12,18,20,22H,11H2,1-3H3/t18-/m1/s1. The minimum Gasteiger partial charge on any atom is -0.497 e. The van der Waals surface area contributed by atoms with E-state index >= 15 is 0 Å². The molecule has 0 aliphatic carbocycles. The van der Waals surface area contributed by atoms with Crippen molar-refractivity contribution in [1.82, 2.24) is 9.29 Å². The van der Waals surface area contributed by atoms with E-state index in [0.29, 0.717) is 16.9 Å². The number of ether oxygens (including phenoxy) is 1. The number of fused-ring (bicyclic) bond motifs is 1. The molecule has 3 aromatic rings. The van der Waals surface area contributed by atoms with Crippen LogP contribution in [0.15, 0.2) is 53.6 Å². The zero-order chi connectivity index (χ0) is 18.9. The van der Waals surface area contributed by atoms with Crippen molar-refractivity contribution in [2.24, 2.45) is 7.05 Å². The lowest BCUT2D eigenvalue weighted by atomic mass is 10.1. The minimum atomic E-state index is -3.74. The number of aliphatic hydroxyl groups excluding tert-OH is 1. The van der Waals surface area contributed by atoms with Gasteiger partial charge in [0.25, 0.3) is 0 Å². The Morgan fingerprint density at radius 1 is 1.23 bits per heavy atom. The van der Waals surface area contributed by atoms with Crippen LogP contribution in [0.25, 0.3) is 10.9 Å². The SMILES string of the molecule is COc1ccc(S(=O)(=O)NC[C@@H](O)c2cn(C)c3ccccc23)c(C)c1. The molecule has 0 amide bonds. The highest BCUT2D eigenvalue weighted by atomic mass is 32.2. The van der Waals surface area contributed by atoms with E-state index in [0.717, 1.165) is 10.9 Å². The Bertz CT molecular complexity index is 1040. The molecule has 0 radical (unpaired) electrons. The zero-order valence-corrected chi connectivity index (χ0v) is 15.7. The first kappa shape index (κ1) is 18.4. The largest absolute Gasteiger partial charge is 0.497 e.